The van der Waals surface area contributed by atoms with Crippen LogP contribution in [0.5, 0.6) is 11.5 Å². The minimum Gasteiger partial charge on any atom is -0.450 e. The Morgan fingerprint density at radius 2 is 0.907 bits per heavy atom. The molecule has 12 aliphatic carbocycles. The number of carbonyl (C=O) groups excluding carboxylic acids is 3. The molecule has 286 valence electrons. The van der Waals surface area contributed by atoms with Crippen LogP contribution in [0.15, 0.2) is 17.0 Å². The Morgan fingerprint density at radius 1 is 0.519 bits per heavy atom. The molecule has 0 aromatic heterocycles. The summed E-state index contributed by atoms with van der Waals surface area (Å²) in [6, 6.07) is 3.90. The molecule has 0 amide bonds. The summed E-state index contributed by atoms with van der Waals surface area (Å²) in [5, 5.41) is 0. The average molecular weight is 767 g/mol. The van der Waals surface area contributed by atoms with E-state index in [1.165, 1.54) is 0 Å². The van der Waals surface area contributed by atoms with E-state index in [0.717, 1.165) is 56.9 Å². The normalized spacial score (nSPS) is 42.5. The van der Waals surface area contributed by atoms with Crippen molar-refractivity contribution in [1.29, 1.82) is 0 Å². The number of Topliss-reactive ketones (excluding diaryl/α,β-unsaturated/α-hetero) is 3. The molecule has 12 saturated carbocycles. The topological polar surface area (TPSA) is 115 Å². The van der Waals surface area contributed by atoms with Gasteiger partial charge in [-0.05, 0) is 135 Å². The molecule has 12 aliphatic rings. The molecule has 12 heteroatoms. The summed E-state index contributed by atoms with van der Waals surface area (Å²) in [5.41, 5.74) is 1.94. The van der Waals surface area contributed by atoms with Gasteiger partial charge in [-0.25, -0.2) is 8.78 Å². The standard InChI is InChI=1S/C42H42F4O7S/c43-33-35(45)42(54(50,51)52)36(46)34(44)41(33)53-40-28(31-19-2-16-5-23(11-19)38(48)26(31)8-16)13-21(30-18-1-15-4-22(10-18)37(47)25(30)7-15)14-29(40)32-20-3-17-6-24(12-20)39(49)27(32)9-17/h13-20,22-27,30-32H,1-12H2,(H,50,51,52). The van der Waals surface area contributed by atoms with Gasteiger partial charge in [0.1, 0.15) is 23.1 Å². The van der Waals surface area contributed by atoms with Crippen LogP contribution in [0.1, 0.15) is 111 Å². The van der Waals surface area contributed by atoms with Crippen LogP contribution in [0.2, 0.25) is 0 Å². The summed E-state index contributed by atoms with van der Waals surface area (Å²) in [6.07, 6.45) is 9.50. The summed E-state index contributed by atoms with van der Waals surface area (Å²) in [6.45, 7) is 0. The maximum absolute atomic E-state index is 15.9. The second kappa shape index (κ2) is 11.5. The lowest BCUT2D eigenvalue weighted by molar-refractivity contribution is -0.142. The van der Waals surface area contributed by atoms with Gasteiger partial charge in [-0.3, -0.25) is 18.9 Å². The number of rotatable bonds is 6. The zero-order valence-electron chi connectivity index (χ0n) is 29.6. The largest absolute Gasteiger partial charge is 0.450 e. The monoisotopic (exact) mass is 766 g/mol. The van der Waals surface area contributed by atoms with E-state index in [0.29, 0.717) is 54.6 Å². The number of benzene rings is 2. The summed E-state index contributed by atoms with van der Waals surface area (Å²) >= 11 is 0. The smallest absolute Gasteiger partial charge is 0.300 e. The molecule has 0 aliphatic heterocycles. The molecular weight excluding hydrogens is 725 g/mol. The molecule has 1 N–H and O–H groups in total. The van der Waals surface area contributed by atoms with E-state index in [-0.39, 0.29) is 70.4 Å². The quantitative estimate of drug-likeness (QED) is 0.178. The third kappa shape index (κ3) is 4.67. The first kappa shape index (κ1) is 34.2. The molecular formula is C42H42F4O7S. The van der Waals surface area contributed by atoms with Gasteiger partial charge in [0, 0.05) is 47.3 Å². The predicted octanol–water partition coefficient (Wildman–Crippen LogP) is 8.44. The fraction of sp³-hybridized carbons (Fsp3) is 0.643. The van der Waals surface area contributed by atoms with E-state index in [1.807, 2.05) is 12.1 Å². The second-order valence-electron chi connectivity index (χ2n) is 18.9. The Balaban J connectivity index is 1.16. The van der Waals surface area contributed by atoms with Gasteiger partial charge in [0.05, 0.1) is 0 Å². The van der Waals surface area contributed by atoms with Crippen molar-refractivity contribution in [3.8, 4) is 11.5 Å². The van der Waals surface area contributed by atoms with Crippen molar-refractivity contribution in [1.82, 2.24) is 0 Å². The van der Waals surface area contributed by atoms with Crippen molar-refractivity contribution in [3.63, 3.8) is 0 Å². The van der Waals surface area contributed by atoms with E-state index in [2.05, 4.69) is 0 Å². The van der Waals surface area contributed by atoms with Crippen LogP contribution in [-0.2, 0) is 24.5 Å². The Kier molecular flexibility index (Phi) is 7.26. The lowest BCUT2D eigenvalue weighted by Gasteiger charge is -2.56. The number of ketones is 3. The van der Waals surface area contributed by atoms with Crippen LogP contribution in [0, 0.1) is 94.3 Å². The molecule has 0 heterocycles. The van der Waals surface area contributed by atoms with E-state index >= 15 is 17.6 Å². The van der Waals surface area contributed by atoms with Crippen LogP contribution in [-0.4, -0.2) is 30.3 Å². The highest BCUT2D eigenvalue weighted by Gasteiger charge is 2.58. The van der Waals surface area contributed by atoms with Crippen molar-refractivity contribution in [3.05, 3.63) is 52.1 Å². The molecule has 54 heavy (non-hydrogen) atoms. The van der Waals surface area contributed by atoms with Gasteiger partial charge in [0.25, 0.3) is 0 Å². The molecule has 7 nitrogen and oxygen atoms in total. The fourth-order valence-electron chi connectivity index (χ4n) is 14.9. The predicted molar refractivity (Wildman–Crippen MR) is 183 cm³/mol. The molecule has 12 fully saturated rings. The van der Waals surface area contributed by atoms with Gasteiger partial charge < -0.3 is 4.74 Å². The first-order valence-corrected chi connectivity index (χ1v) is 21.5. The van der Waals surface area contributed by atoms with Crippen molar-refractivity contribution >= 4 is 27.5 Å². The van der Waals surface area contributed by atoms with Crippen molar-refractivity contribution < 1.29 is 49.7 Å². The molecule has 2 aromatic rings. The summed E-state index contributed by atoms with van der Waals surface area (Å²) in [7, 11) is -5.70. The van der Waals surface area contributed by atoms with Crippen LogP contribution >= 0.6 is 0 Å². The van der Waals surface area contributed by atoms with E-state index < -0.39 is 67.7 Å². The van der Waals surface area contributed by atoms with Gasteiger partial charge in [0.2, 0.25) is 17.4 Å². The minimum absolute atomic E-state index is 0.0272. The molecule has 14 rings (SSSR count). The molecule has 0 saturated heterocycles. The highest BCUT2D eigenvalue weighted by atomic mass is 32.2. The second-order valence-corrected chi connectivity index (χ2v) is 20.3. The number of halogens is 4. The summed E-state index contributed by atoms with van der Waals surface area (Å²) < 4.78 is 102. The molecule has 0 radical (unpaired) electrons. The lowest BCUT2D eigenvalue weighted by Crippen LogP contribution is -2.51. The van der Waals surface area contributed by atoms with Crippen molar-refractivity contribution in [2.45, 2.75) is 99.7 Å². The highest BCUT2D eigenvalue weighted by molar-refractivity contribution is 7.85. The summed E-state index contributed by atoms with van der Waals surface area (Å²) in [5.74, 6) is -10.2. The van der Waals surface area contributed by atoms with E-state index in [9.17, 15) is 27.4 Å². The van der Waals surface area contributed by atoms with E-state index in [1.54, 1.807) is 0 Å². The Morgan fingerprint density at radius 3 is 1.31 bits per heavy atom. The Hall–Kier alpha value is -3.12. The molecule has 2 aromatic carbocycles. The van der Waals surface area contributed by atoms with Gasteiger partial charge in [-0.15, -0.1) is 0 Å². The highest BCUT2D eigenvalue weighted by Crippen LogP contribution is 2.65. The number of hydrogen-bond donors (Lipinski definition) is 1. The Bertz CT molecular complexity index is 2090. The fourth-order valence-corrected chi connectivity index (χ4v) is 15.5. The van der Waals surface area contributed by atoms with Crippen LogP contribution in [0.25, 0.3) is 0 Å². The zero-order valence-corrected chi connectivity index (χ0v) is 30.4. The third-order valence-electron chi connectivity index (χ3n) is 16.3. The number of carbonyl (C=O) groups is 3. The molecule has 15 unspecified atom stereocenters. The maximum atomic E-state index is 15.9. The van der Waals surface area contributed by atoms with Gasteiger partial charge in [-0.1, -0.05) is 12.1 Å². The zero-order chi connectivity index (χ0) is 37.3. The first-order valence-electron chi connectivity index (χ1n) is 20.0. The van der Waals surface area contributed by atoms with Gasteiger partial charge in [0.15, 0.2) is 16.5 Å². The van der Waals surface area contributed by atoms with E-state index in [4.69, 9.17) is 4.74 Å². The third-order valence-corrected chi connectivity index (χ3v) is 17.2. The van der Waals surface area contributed by atoms with Crippen molar-refractivity contribution in [2.75, 3.05) is 0 Å². The molecule has 12 bridgehead atoms. The van der Waals surface area contributed by atoms with Crippen LogP contribution < -0.4 is 4.74 Å². The van der Waals surface area contributed by atoms with Gasteiger partial charge in [-0.2, -0.15) is 17.2 Å². The lowest BCUT2D eigenvalue weighted by atomic mass is 9.48. The number of hydrogen-bond acceptors (Lipinski definition) is 6. The number of ether oxygens (including phenoxy) is 1. The van der Waals surface area contributed by atoms with Crippen LogP contribution in [0.3, 0.4) is 0 Å². The van der Waals surface area contributed by atoms with Crippen LogP contribution in [0.4, 0.5) is 17.6 Å². The minimum atomic E-state index is -5.70. The summed E-state index contributed by atoms with van der Waals surface area (Å²) in [4.78, 5) is 39.7. The Labute approximate surface area is 310 Å². The first-order chi connectivity index (χ1) is 25.7. The van der Waals surface area contributed by atoms with Crippen molar-refractivity contribution in [2.24, 2.45) is 71.0 Å². The average Bonchev–Trinajstić information content (AvgIpc) is 3.11. The maximum Gasteiger partial charge on any atom is 0.300 e. The van der Waals surface area contributed by atoms with Gasteiger partial charge >= 0.3 is 10.1 Å². The molecule has 0 spiro atoms. The molecule has 15 atom stereocenters. The SMILES string of the molecule is O=C1C2CC3CC(C2)C(c2cc(C4C5CC6CC(C5)C(=O)C4C6)c(Oc4c(F)c(F)c(S(=O)(=O)O)c(F)c4F)c(C4C5CC6CC(C5)C(=O)C4C6)c2)C1C3.